The first-order valence-electron chi connectivity index (χ1n) is 12.1. The molecule has 1 N–H and O–H groups in total. The maximum Gasteiger partial charge on any atom is 0.180 e. The molecule has 0 aliphatic heterocycles. The van der Waals surface area contributed by atoms with E-state index in [1.807, 2.05) is 18.2 Å². The van der Waals surface area contributed by atoms with E-state index in [4.69, 9.17) is 10.1 Å². The minimum absolute atomic E-state index is 0.673. The summed E-state index contributed by atoms with van der Waals surface area (Å²) in [6.07, 6.45) is 9.81. The predicted molar refractivity (Wildman–Crippen MR) is 128 cm³/mol. The van der Waals surface area contributed by atoms with Crippen LogP contribution in [0.2, 0.25) is 0 Å². The lowest BCUT2D eigenvalue weighted by atomic mass is 9.87. The van der Waals surface area contributed by atoms with Gasteiger partial charge in [0, 0.05) is 18.4 Å². The van der Waals surface area contributed by atoms with Crippen LogP contribution in [0.1, 0.15) is 62.7 Å². The first kappa shape index (κ1) is 21.5. The molecule has 1 fully saturated rings. The van der Waals surface area contributed by atoms with Gasteiger partial charge in [-0.15, -0.1) is 5.10 Å². The lowest BCUT2D eigenvalue weighted by molar-refractivity contribution is 0.351. The Balaban J connectivity index is 1.34. The van der Waals surface area contributed by atoms with Crippen molar-refractivity contribution in [1.29, 1.82) is 0 Å². The third-order valence-electron chi connectivity index (χ3n) is 6.59. The van der Waals surface area contributed by atoms with Crippen molar-refractivity contribution in [2.75, 3.05) is 0 Å². The highest BCUT2D eigenvalue weighted by Crippen LogP contribution is 2.30. The maximum absolute atomic E-state index is 4.93. The molecule has 0 radical (unpaired) electrons. The molecule has 170 valence electrons. The number of tetrazole rings is 1. The van der Waals surface area contributed by atoms with E-state index in [0.29, 0.717) is 5.82 Å². The highest BCUT2D eigenvalue weighted by atomic mass is 15.5. The Labute approximate surface area is 194 Å². The number of nitrogens with one attached hydrogen (secondary N) is 1. The van der Waals surface area contributed by atoms with Crippen LogP contribution in [0, 0.1) is 5.92 Å². The largest absolute Gasteiger partial charge is 0.245 e. The molecule has 0 atom stereocenters. The minimum Gasteiger partial charge on any atom is -0.245 e. The number of hydrogen-bond acceptors (Lipinski definition) is 5. The van der Waals surface area contributed by atoms with E-state index >= 15 is 0 Å². The van der Waals surface area contributed by atoms with Crippen LogP contribution in [0.15, 0.2) is 48.5 Å². The summed E-state index contributed by atoms with van der Waals surface area (Å²) >= 11 is 0. The molecule has 2 heterocycles. The summed E-state index contributed by atoms with van der Waals surface area (Å²) in [5.74, 6) is 3.56. The fraction of sp³-hybridized carbons (Fsp3) is 0.423. The van der Waals surface area contributed by atoms with E-state index < -0.39 is 0 Å². The summed E-state index contributed by atoms with van der Waals surface area (Å²) in [5.41, 5.74) is 4.45. The van der Waals surface area contributed by atoms with Gasteiger partial charge >= 0.3 is 0 Å². The average molecular weight is 442 g/mol. The molecule has 7 nitrogen and oxygen atoms in total. The summed E-state index contributed by atoms with van der Waals surface area (Å²) in [4.78, 5) is 4.93. The summed E-state index contributed by atoms with van der Waals surface area (Å²) in [6.45, 7) is 2.96. The van der Waals surface area contributed by atoms with E-state index in [9.17, 15) is 0 Å². The first-order valence-corrected chi connectivity index (χ1v) is 12.1. The lowest BCUT2D eigenvalue weighted by Crippen LogP contribution is -2.11. The van der Waals surface area contributed by atoms with Crippen LogP contribution in [-0.4, -0.2) is 35.4 Å². The molecule has 2 aromatic carbocycles. The van der Waals surface area contributed by atoms with Gasteiger partial charge in [0.2, 0.25) is 0 Å². The Hall–Kier alpha value is -3.35. The zero-order valence-electron chi connectivity index (χ0n) is 19.2. The third kappa shape index (κ3) is 5.02. The van der Waals surface area contributed by atoms with Crippen molar-refractivity contribution in [3.05, 3.63) is 65.7 Å². The molecule has 0 saturated heterocycles. The number of aryl methyl sites for hydroxylation is 1. The highest BCUT2D eigenvalue weighted by Gasteiger charge is 2.18. The van der Waals surface area contributed by atoms with Crippen LogP contribution in [0.3, 0.4) is 0 Å². The molecule has 1 saturated carbocycles. The molecule has 1 aliphatic carbocycles. The van der Waals surface area contributed by atoms with Crippen molar-refractivity contribution >= 4 is 0 Å². The first-order chi connectivity index (χ1) is 16.3. The van der Waals surface area contributed by atoms with E-state index in [1.165, 1.54) is 37.7 Å². The van der Waals surface area contributed by atoms with Crippen LogP contribution in [-0.2, 0) is 19.4 Å². The van der Waals surface area contributed by atoms with Gasteiger partial charge in [-0.3, -0.25) is 0 Å². The Morgan fingerprint density at radius 3 is 2.48 bits per heavy atom. The van der Waals surface area contributed by atoms with Crippen LogP contribution in [0.4, 0.5) is 0 Å². The van der Waals surface area contributed by atoms with Gasteiger partial charge < -0.3 is 0 Å². The second kappa shape index (κ2) is 10.1. The minimum atomic E-state index is 0.673. The van der Waals surface area contributed by atoms with Gasteiger partial charge in [0.15, 0.2) is 11.6 Å². The molecule has 0 bridgehead atoms. The summed E-state index contributed by atoms with van der Waals surface area (Å²) in [5, 5.41) is 19.3. The topological polar surface area (TPSA) is 85.2 Å². The Kier molecular flexibility index (Phi) is 6.56. The van der Waals surface area contributed by atoms with Crippen LogP contribution >= 0.6 is 0 Å². The van der Waals surface area contributed by atoms with Crippen molar-refractivity contribution in [3.8, 4) is 22.5 Å². The van der Waals surface area contributed by atoms with Crippen molar-refractivity contribution in [1.82, 2.24) is 35.4 Å². The number of H-pyrrole nitrogens is 1. The average Bonchev–Trinajstić information content (AvgIpc) is 3.51. The lowest BCUT2D eigenvalue weighted by Gasteiger charge is -2.19. The summed E-state index contributed by atoms with van der Waals surface area (Å²) in [7, 11) is 0. The second-order valence-corrected chi connectivity index (χ2v) is 9.05. The molecule has 5 rings (SSSR count). The number of hydrogen-bond donors (Lipinski definition) is 1. The molecule has 1 aliphatic rings. The predicted octanol–water partition coefficient (Wildman–Crippen LogP) is 5.25. The molecule has 33 heavy (non-hydrogen) atoms. The molecular weight excluding hydrogens is 410 g/mol. The molecule has 7 heteroatoms. The fourth-order valence-corrected chi connectivity index (χ4v) is 4.87. The molecular formula is C26H31N7. The van der Waals surface area contributed by atoms with Gasteiger partial charge in [-0.25, -0.2) is 14.8 Å². The van der Waals surface area contributed by atoms with Crippen molar-refractivity contribution < 1.29 is 0 Å². The number of aromatic nitrogens is 7. The second-order valence-electron chi connectivity index (χ2n) is 9.05. The highest BCUT2D eigenvalue weighted by molar-refractivity contribution is 5.80. The zero-order valence-corrected chi connectivity index (χ0v) is 19.2. The van der Waals surface area contributed by atoms with Crippen LogP contribution in [0.5, 0.6) is 0 Å². The number of nitrogens with zero attached hydrogens (tertiary/aromatic N) is 6. The Morgan fingerprint density at radius 1 is 0.970 bits per heavy atom. The molecule has 0 spiro atoms. The van der Waals surface area contributed by atoms with E-state index in [1.54, 1.807) is 0 Å². The summed E-state index contributed by atoms with van der Waals surface area (Å²) < 4.78 is 2.12. The Morgan fingerprint density at radius 2 is 1.76 bits per heavy atom. The van der Waals surface area contributed by atoms with Gasteiger partial charge in [0.05, 0.1) is 6.54 Å². The van der Waals surface area contributed by atoms with Gasteiger partial charge in [0.1, 0.15) is 5.82 Å². The van der Waals surface area contributed by atoms with Gasteiger partial charge in [-0.1, -0.05) is 87.6 Å². The van der Waals surface area contributed by atoms with Crippen LogP contribution in [0.25, 0.3) is 22.5 Å². The zero-order chi connectivity index (χ0) is 22.5. The molecule has 0 unspecified atom stereocenters. The molecule has 2 aromatic heterocycles. The number of aromatic amines is 1. The SMILES string of the molecule is CCCc1nc(CC2CCCCC2)nn1Cc1ccc(-c2ccccc2-c2nnn[nH]2)cc1. The van der Waals surface area contributed by atoms with Gasteiger partial charge in [-0.2, -0.15) is 5.10 Å². The summed E-state index contributed by atoms with van der Waals surface area (Å²) in [6, 6.07) is 16.9. The monoisotopic (exact) mass is 441 g/mol. The standard InChI is InChI=1S/C26H31N7/c1-2-8-25-27-24(17-19-9-4-3-5-10-19)30-33(25)18-20-13-15-21(16-14-20)22-11-6-7-12-23(22)26-28-31-32-29-26/h6-7,11-16,19H,2-5,8-10,17-18H2,1H3,(H,28,29,31,32). The normalized spacial score (nSPS) is 14.6. The quantitative estimate of drug-likeness (QED) is 0.404. The van der Waals surface area contributed by atoms with E-state index in [0.717, 1.165) is 60.1 Å². The van der Waals surface area contributed by atoms with E-state index in [-0.39, 0.29) is 0 Å². The molecule has 0 amide bonds. The Bertz CT molecular complexity index is 1160. The van der Waals surface area contributed by atoms with Gasteiger partial charge in [0.25, 0.3) is 0 Å². The fourth-order valence-electron chi connectivity index (χ4n) is 4.87. The van der Waals surface area contributed by atoms with Crippen molar-refractivity contribution in [2.45, 2.75) is 64.8 Å². The maximum atomic E-state index is 4.93. The third-order valence-corrected chi connectivity index (χ3v) is 6.59. The van der Waals surface area contributed by atoms with Gasteiger partial charge in [-0.05, 0) is 39.5 Å². The number of rotatable bonds is 8. The number of benzene rings is 2. The smallest absolute Gasteiger partial charge is 0.180 e. The van der Waals surface area contributed by atoms with E-state index in [2.05, 4.69) is 62.6 Å². The van der Waals surface area contributed by atoms with Crippen LogP contribution < -0.4 is 0 Å². The van der Waals surface area contributed by atoms with Crippen molar-refractivity contribution in [2.24, 2.45) is 5.92 Å². The van der Waals surface area contributed by atoms with Crippen molar-refractivity contribution in [3.63, 3.8) is 0 Å². The molecule has 4 aromatic rings.